The maximum atomic E-state index is 10.5. The first-order valence-electron chi connectivity index (χ1n) is 4.48. The van der Waals surface area contributed by atoms with Gasteiger partial charge in [0, 0.05) is 18.6 Å². The Balaban J connectivity index is 2.95. The Morgan fingerprint density at radius 2 is 1.93 bits per heavy atom. The van der Waals surface area contributed by atoms with Crippen LogP contribution in [0.5, 0.6) is 0 Å². The quantitative estimate of drug-likeness (QED) is 0.545. The summed E-state index contributed by atoms with van der Waals surface area (Å²) in [4.78, 5) is 10.5. The number of hydrogen-bond donors (Lipinski definition) is 4. The molecule has 1 rings (SSSR count). The summed E-state index contributed by atoms with van der Waals surface area (Å²) in [6.45, 7) is -0.314. The van der Waals surface area contributed by atoms with E-state index in [1.807, 2.05) is 5.32 Å². The van der Waals surface area contributed by atoms with Crippen LogP contribution in [0.25, 0.3) is 0 Å². The van der Waals surface area contributed by atoms with Gasteiger partial charge in [-0.1, -0.05) is 30.3 Å². The summed E-state index contributed by atoms with van der Waals surface area (Å²) in [5.74, 6) is 0. The average molecular weight is 211 g/mol. The first-order chi connectivity index (χ1) is 7.08. The van der Waals surface area contributed by atoms with E-state index in [4.69, 9.17) is 10.2 Å². The summed E-state index contributed by atoms with van der Waals surface area (Å²) >= 11 is 0. The second-order valence-corrected chi connectivity index (χ2v) is 3.13. The minimum absolute atomic E-state index is 0.0939. The first-order valence-corrected chi connectivity index (χ1v) is 4.48. The lowest BCUT2D eigenvalue weighted by Crippen LogP contribution is -2.45. The molecule has 0 heterocycles. The molecule has 5 nitrogen and oxygen atoms in total. The molecule has 0 saturated heterocycles. The Bertz CT molecular complexity index is 327. The molecule has 4 N–H and O–H groups in total. The summed E-state index contributed by atoms with van der Waals surface area (Å²) < 4.78 is 0. The van der Waals surface area contributed by atoms with E-state index in [1.165, 1.54) is 0 Å². The molecule has 5 heteroatoms. The van der Waals surface area contributed by atoms with E-state index < -0.39 is 11.8 Å². The summed E-state index contributed by atoms with van der Waals surface area (Å²) in [7, 11) is 0. The number of amides is 1. The monoisotopic (exact) mass is 211 g/mol. The topological polar surface area (TPSA) is 89.8 Å². The van der Waals surface area contributed by atoms with Crippen LogP contribution in [0.3, 0.4) is 0 Å². The van der Waals surface area contributed by atoms with Gasteiger partial charge in [-0.05, 0) is 0 Å². The van der Waals surface area contributed by atoms with Gasteiger partial charge in [-0.15, -0.1) is 0 Å². The van der Waals surface area contributed by atoms with Crippen molar-refractivity contribution in [1.29, 1.82) is 0 Å². The number of nitrogens with one attached hydrogen (secondary N) is 1. The lowest BCUT2D eigenvalue weighted by atomic mass is 10.00. The Morgan fingerprint density at radius 3 is 2.40 bits per heavy atom. The lowest BCUT2D eigenvalue weighted by Gasteiger charge is -2.27. The van der Waals surface area contributed by atoms with Crippen molar-refractivity contribution < 1.29 is 20.1 Å². The number of carbonyl (C=O) groups is 1. The second-order valence-electron chi connectivity index (χ2n) is 3.13. The van der Waals surface area contributed by atoms with Crippen molar-refractivity contribution in [3.63, 3.8) is 0 Å². The van der Waals surface area contributed by atoms with E-state index >= 15 is 0 Å². The van der Waals surface area contributed by atoms with Crippen LogP contribution in [0.1, 0.15) is 12.0 Å². The molecule has 1 amide bonds. The van der Waals surface area contributed by atoms with Gasteiger partial charge < -0.3 is 15.3 Å². The van der Waals surface area contributed by atoms with Crippen LogP contribution in [0.4, 0.5) is 4.79 Å². The molecule has 1 unspecified atom stereocenters. The molecule has 0 spiro atoms. The van der Waals surface area contributed by atoms with Crippen LogP contribution in [0.15, 0.2) is 30.3 Å². The molecule has 1 aromatic carbocycles. The van der Waals surface area contributed by atoms with Gasteiger partial charge in [0.2, 0.25) is 0 Å². The molecule has 0 aliphatic rings. The average Bonchev–Trinajstić information content (AvgIpc) is 2.18. The molecule has 0 aliphatic carbocycles. The Hall–Kier alpha value is -1.59. The number of carboxylic acid groups (broad SMARTS) is 1. The smallest absolute Gasteiger partial charge is 0.407 e. The van der Waals surface area contributed by atoms with Gasteiger partial charge in [0.15, 0.2) is 5.72 Å². The van der Waals surface area contributed by atoms with Crippen molar-refractivity contribution in [2.24, 2.45) is 0 Å². The summed E-state index contributed by atoms with van der Waals surface area (Å²) in [6, 6.07) is 8.29. The largest absolute Gasteiger partial charge is 0.465 e. The third kappa shape index (κ3) is 2.93. The Labute approximate surface area is 87.0 Å². The van der Waals surface area contributed by atoms with E-state index in [-0.39, 0.29) is 13.0 Å². The van der Waals surface area contributed by atoms with Crippen LogP contribution in [0, 0.1) is 0 Å². The maximum Gasteiger partial charge on any atom is 0.407 e. The van der Waals surface area contributed by atoms with Crippen molar-refractivity contribution in [3.8, 4) is 0 Å². The second kappa shape index (κ2) is 4.77. The zero-order valence-corrected chi connectivity index (χ0v) is 8.05. The van der Waals surface area contributed by atoms with Crippen LogP contribution >= 0.6 is 0 Å². The van der Waals surface area contributed by atoms with Gasteiger partial charge in [0.25, 0.3) is 0 Å². The maximum absolute atomic E-state index is 10.5. The highest BCUT2D eigenvalue weighted by atomic mass is 16.4. The zero-order valence-electron chi connectivity index (χ0n) is 8.05. The molecular weight excluding hydrogens is 198 g/mol. The number of rotatable bonds is 4. The molecule has 82 valence electrons. The zero-order chi connectivity index (χ0) is 11.3. The number of aliphatic hydroxyl groups excluding tert-OH is 1. The van der Waals surface area contributed by atoms with Crippen LogP contribution < -0.4 is 5.32 Å². The minimum atomic E-state index is -1.73. The first kappa shape index (κ1) is 11.5. The van der Waals surface area contributed by atoms with Crippen molar-refractivity contribution in [2.45, 2.75) is 12.1 Å². The van der Waals surface area contributed by atoms with E-state index in [0.29, 0.717) is 5.56 Å². The lowest BCUT2D eigenvalue weighted by molar-refractivity contribution is -0.0159. The van der Waals surface area contributed by atoms with Crippen molar-refractivity contribution >= 4 is 6.09 Å². The third-order valence-electron chi connectivity index (χ3n) is 2.04. The Morgan fingerprint density at radius 1 is 1.33 bits per heavy atom. The molecular formula is C10H13NO4. The summed E-state index contributed by atoms with van der Waals surface area (Å²) in [6.07, 6.45) is -1.43. The van der Waals surface area contributed by atoms with Gasteiger partial charge in [-0.25, -0.2) is 4.79 Å². The van der Waals surface area contributed by atoms with E-state index in [2.05, 4.69) is 0 Å². The van der Waals surface area contributed by atoms with Crippen LogP contribution in [-0.4, -0.2) is 28.0 Å². The van der Waals surface area contributed by atoms with E-state index in [9.17, 15) is 9.90 Å². The number of aliphatic hydroxyl groups is 2. The highest BCUT2D eigenvalue weighted by molar-refractivity contribution is 5.65. The van der Waals surface area contributed by atoms with Crippen LogP contribution in [0.2, 0.25) is 0 Å². The Kier molecular flexibility index (Phi) is 3.65. The van der Waals surface area contributed by atoms with Gasteiger partial charge >= 0.3 is 6.09 Å². The van der Waals surface area contributed by atoms with Crippen molar-refractivity contribution in [3.05, 3.63) is 35.9 Å². The van der Waals surface area contributed by atoms with Gasteiger partial charge in [0.1, 0.15) is 0 Å². The molecule has 0 bridgehead atoms. The molecule has 15 heavy (non-hydrogen) atoms. The van der Waals surface area contributed by atoms with Gasteiger partial charge in [-0.3, -0.25) is 5.32 Å². The molecule has 1 aromatic rings. The molecule has 1 atom stereocenters. The normalized spacial score (nSPS) is 14.3. The minimum Gasteiger partial charge on any atom is -0.465 e. The molecule has 0 aromatic heterocycles. The number of benzene rings is 1. The fraction of sp³-hybridized carbons (Fsp3) is 0.300. The standard InChI is InChI=1S/C10H13NO4/c12-7-6-10(15,11-9(13)14)8-4-2-1-3-5-8/h1-5,11-12,15H,6-7H2,(H,13,14). The predicted octanol–water partition coefficient (Wildman–Crippen LogP) is 0.482. The molecule has 0 fully saturated rings. The highest BCUT2D eigenvalue weighted by Crippen LogP contribution is 2.21. The predicted molar refractivity (Wildman–Crippen MR) is 53.2 cm³/mol. The summed E-state index contributed by atoms with van der Waals surface area (Å²) in [5, 5.41) is 29.4. The highest BCUT2D eigenvalue weighted by Gasteiger charge is 2.30. The molecule has 0 radical (unpaired) electrons. The van der Waals surface area contributed by atoms with Gasteiger partial charge in [-0.2, -0.15) is 0 Å². The van der Waals surface area contributed by atoms with Crippen LogP contribution in [-0.2, 0) is 5.72 Å². The molecule has 0 saturated carbocycles. The molecule has 0 aliphatic heterocycles. The van der Waals surface area contributed by atoms with Gasteiger partial charge in [0.05, 0.1) is 0 Å². The fourth-order valence-electron chi connectivity index (χ4n) is 1.33. The van der Waals surface area contributed by atoms with E-state index in [1.54, 1.807) is 30.3 Å². The van der Waals surface area contributed by atoms with E-state index in [0.717, 1.165) is 0 Å². The number of hydrogen-bond acceptors (Lipinski definition) is 3. The summed E-state index contributed by atoms with van der Waals surface area (Å²) in [5.41, 5.74) is -1.33. The van der Waals surface area contributed by atoms with Crippen molar-refractivity contribution in [1.82, 2.24) is 5.32 Å². The van der Waals surface area contributed by atoms with Crippen molar-refractivity contribution in [2.75, 3.05) is 6.61 Å². The fourth-order valence-corrected chi connectivity index (χ4v) is 1.33. The third-order valence-corrected chi connectivity index (χ3v) is 2.04. The SMILES string of the molecule is O=C(O)NC(O)(CCO)c1ccccc1.